The largest absolute Gasteiger partial charge is 2.00 e. The maximum atomic E-state index is 6.49. The molecule has 2 atom stereocenters. The molecule has 0 aliphatic heterocycles. The quantitative estimate of drug-likeness (QED) is 0.163. The van der Waals surface area contributed by atoms with Crippen molar-refractivity contribution in [3.63, 3.8) is 0 Å². The van der Waals surface area contributed by atoms with Crippen LogP contribution in [0.2, 0.25) is 0 Å². The molecule has 2 unspecified atom stereocenters. The molecule has 3 aromatic carbocycles. The first-order chi connectivity index (χ1) is 22.8. The zero-order valence-electron chi connectivity index (χ0n) is 30.3. The Morgan fingerprint density at radius 3 is 2.33 bits per heavy atom. The van der Waals surface area contributed by atoms with Crippen molar-refractivity contribution in [2.24, 2.45) is 11.3 Å². The van der Waals surface area contributed by atoms with Gasteiger partial charge in [0.05, 0.1) is 0 Å². The van der Waals surface area contributed by atoms with E-state index >= 15 is 0 Å². The van der Waals surface area contributed by atoms with Crippen LogP contribution in [0.25, 0.3) is 38.9 Å². The molecule has 1 fully saturated rings. The van der Waals surface area contributed by atoms with E-state index < -0.39 is 0 Å². The predicted molar refractivity (Wildman–Crippen MR) is 198 cm³/mol. The first kappa shape index (κ1) is 35.1. The molecule has 1 aliphatic rings. The summed E-state index contributed by atoms with van der Waals surface area (Å²) >= 11 is 0. The van der Waals surface area contributed by atoms with Gasteiger partial charge < -0.3 is 14.3 Å². The molecule has 49 heavy (non-hydrogen) atoms. The molecular formula is C44H47N3OPt. The van der Waals surface area contributed by atoms with Gasteiger partial charge in [0.15, 0.2) is 0 Å². The summed E-state index contributed by atoms with van der Waals surface area (Å²) in [6.45, 7) is 20.4. The number of ether oxygens (including phenoxy) is 1. The molecule has 1 saturated carbocycles. The fourth-order valence-electron chi connectivity index (χ4n) is 7.69. The molecule has 1 aliphatic carbocycles. The number of aromatic nitrogens is 3. The van der Waals surface area contributed by atoms with Crippen molar-refractivity contribution in [1.82, 2.24) is 14.5 Å². The number of hydrogen-bond acceptors (Lipinski definition) is 3. The average Bonchev–Trinajstić information content (AvgIpc) is 3.35. The number of hydrogen-bond donors (Lipinski definition) is 0. The third kappa shape index (κ3) is 6.87. The second-order valence-electron chi connectivity index (χ2n) is 16.0. The summed E-state index contributed by atoms with van der Waals surface area (Å²) in [5.74, 6) is 3.35. The normalized spacial score (nSPS) is 17.7. The van der Waals surface area contributed by atoms with Crippen molar-refractivity contribution in [2.75, 3.05) is 0 Å². The summed E-state index contributed by atoms with van der Waals surface area (Å²) in [4.78, 5) is 9.71. The van der Waals surface area contributed by atoms with Crippen LogP contribution in [-0.2, 0) is 26.5 Å². The fraction of sp³-hybridized carbons (Fsp3) is 0.364. The first-order valence-corrected chi connectivity index (χ1v) is 17.4. The van der Waals surface area contributed by atoms with Crippen LogP contribution in [0.4, 0.5) is 0 Å². The monoisotopic (exact) mass is 828 g/mol. The minimum atomic E-state index is 0. The van der Waals surface area contributed by atoms with E-state index in [2.05, 4.69) is 121 Å². The Labute approximate surface area is 306 Å². The third-order valence-electron chi connectivity index (χ3n) is 10.6. The summed E-state index contributed by atoms with van der Waals surface area (Å²) < 4.78 is 8.70. The van der Waals surface area contributed by atoms with Crippen LogP contribution in [-0.4, -0.2) is 14.5 Å². The number of benzene rings is 3. The van der Waals surface area contributed by atoms with Crippen molar-refractivity contribution in [3.05, 3.63) is 113 Å². The Morgan fingerprint density at radius 1 is 0.837 bits per heavy atom. The Kier molecular flexibility index (Phi) is 9.44. The average molecular weight is 829 g/mol. The van der Waals surface area contributed by atoms with E-state index in [1.165, 1.54) is 52.5 Å². The van der Waals surface area contributed by atoms with Crippen LogP contribution in [0.5, 0.6) is 11.5 Å². The molecule has 4 nitrogen and oxygen atoms in total. The summed E-state index contributed by atoms with van der Waals surface area (Å²) in [6, 6.07) is 28.6. The number of pyridine rings is 2. The number of rotatable bonds is 5. The zero-order chi connectivity index (χ0) is 34.0. The van der Waals surface area contributed by atoms with Gasteiger partial charge in [-0.15, -0.1) is 41.3 Å². The molecule has 6 aromatic rings. The van der Waals surface area contributed by atoms with E-state index in [1.54, 1.807) is 0 Å². The van der Waals surface area contributed by atoms with Crippen molar-refractivity contribution < 1.29 is 25.8 Å². The Balaban J connectivity index is 0.00000417. The van der Waals surface area contributed by atoms with Crippen molar-refractivity contribution in [2.45, 2.75) is 92.9 Å². The molecule has 7 rings (SSSR count). The molecular weight excluding hydrogens is 782 g/mol. The van der Waals surface area contributed by atoms with Crippen LogP contribution in [0.15, 0.2) is 73.1 Å². The topological polar surface area (TPSA) is 39.9 Å². The van der Waals surface area contributed by atoms with Gasteiger partial charge in [-0.25, -0.2) is 4.98 Å². The van der Waals surface area contributed by atoms with Crippen molar-refractivity contribution in [3.8, 4) is 28.6 Å². The van der Waals surface area contributed by atoms with Gasteiger partial charge in [-0.3, -0.25) is 0 Å². The molecule has 0 spiro atoms. The van der Waals surface area contributed by atoms with E-state index in [-0.39, 0.29) is 26.5 Å². The second kappa shape index (κ2) is 13.2. The van der Waals surface area contributed by atoms with Gasteiger partial charge in [0.25, 0.3) is 0 Å². The van der Waals surface area contributed by atoms with Gasteiger partial charge in [-0.05, 0) is 114 Å². The molecule has 0 bridgehead atoms. The maximum Gasteiger partial charge on any atom is 2.00 e. The van der Waals surface area contributed by atoms with Gasteiger partial charge >= 0.3 is 21.1 Å². The van der Waals surface area contributed by atoms with E-state index in [9.17, 15) is 0 Å². The smallest absolute Gasteiger partial charge is 0.503 e. The van der Waals surface area contributed by atoms with Crippen LogP contribution in [0, 0.1) is 44.2 Å². The Morgan fingerprint density at radius 2 is 1.59 bits per heavy atom. The number of fused-ring (bicyclic) bond motifs is 3. The van der Waals surface area contributed by atoms with E-state index in [0.29, 0.717) is 28.7 Å². The van der Waals surface area contributed by atoms with Gasteiger partial charge in [-0.2, -0.15) is 6.07 Å². The third-order valence-corrected chi connectivity index (χ3v) is 10.6. The minimum Gasteiger partial charge on any atom is -0.503 e. The molecule has 5 heteroatoms. The van der Waals surface area contributed by atoms with Crippen molar-refractivity contribution in [1.29, 1.82) is 0 Å². The summed E-state index contributed by atoms with van der Waals surface area (Å²) in [7, 11) is 0. The maximum absolute atomic E-state index is 6.49. The minimum absolute atomic E-state index is 0. The zero-order valence-corrected chi connectivity index (χ0v) is 32.5. The molecule has 0 radical (unpaired) electrons. The molecule has 3 aromatic heterocycles. The SMILES string of the molecule is Cc1cnc(-n2c3[c-]c(Oc4[c-]c(-c5cc(C6CCC(C)(C)CC6C)c(C)cn5)ccc4)ccc3c3cc(C(C)(C)C)ccc32)cc1C.[Pt+2]. The van der Waals surface area contributed by atoms with E-state index in [1.807, 2.05) is 30.6 Å². The van der Waals surface area contributed by atoms with Crippen molar-refractivity contribution >= 4 is 21.8 Å². The van der Waals surface area contributed by atoms with Crippen LogP contribution in [0.3, 0.4) is 0 Å². The van der Waals surface area contributed by atoms with Gasteiger partial charge in [-0.1, -0.05) is 71.3 Å². The molecule has 0 saturated heterocycles. The molecule has 0 amide bonds. The standard InChI is InChI=1S/C44H47N3O.Pt/c1-27-19-42(46-25-29(27)3)47-40-16-13-32(43(5,6)7)21-38(40)36-15-14-34(22-41(36)47)48-33-12-10-11-31(20-33)39-23-37(30(4)26-45-39)35-17-18-44(8,9)24-28(35)2;/h10-16,19,21,23,25-26,28,35H,17-18,24H2,1-9H3;/q-2;+2. The first-order valence-electron chi connectivity index (χ1n) is 17.4. The molecule has 254 valence electrons. The van der Waals surface area contributed by atoms with Gasteiger partial charge in [0.1, 0.15) is 5.82 Å². The second-order valence-corrected chi connectivity index (χ2v) is 16.0. The van der Waals surface area contributed by atoms with Crippen LogP contribution < -0.4 is 4.74 Å². The molecule has 0 N–H and O–H groups in total. The van der Waals surface area contributed by atoms with Gasteiger partial charge in [0, 0.05) is 29.4 Å². The van der Waals surface area contributed by atoms with Crippen LogP contribution >= 0.6 is 0 Å². The summed E-state index contributed by atoms with van der Waals surface area (Å²) in [6.07, 6.45) is 7.71. The number of aryl methyl sites for hydroxylation is 3. The fourth-order valence-corrected chi connectivity index (χ4v) is 7.69. The van der Waals surface area contributed by atoms with Crippen LogP contribution in [0.1, 0.15) is 94.5 Å². The van der Waals surface area contributed by atoms with E-state index in [0.717, 1.165) is 33.5 Å². The molecule has 3 heterocycles. The predicted octanol–water partition coefficient (Wildman–Crippen LogP) is 11.8. The van der Waals surface area contributed by atoms with E-state index in [4.69, 9.17) is 14.7 Å². The summed E-state index contributed by atoms with van der Waals surface area (Å²) in [5, 5.41) is 2.31. The number of nitrogens with zero attached hydrogens (tertiary/aromatic N) is 3. The Hall–Kier alpha value is -3.75. The summed E-state index contributed by atoms with van der Waals surface area (Å²) in [5.41, 5.74) is 10.7. The van der Waals surface area contributed by atoms with Gasteiger partial charge in [0.2, 0.25) is 0 Å². The Bertz CT molecular complexity index is 2170.